The Balaban J connectivity index is 1.30. The zero-order chi connectivity index (χ0) is 20.9. The second-order valence-corrected chi connectivity index (χ2v) is 8.57. The number of ether oxygens (including phenoxy) is 1. The highest BCUT2D eigenvalue weighted by Gasteiger charge is 2.58. The topological polar surface area (TPSA) is 119 Å². The highest BCUT2D eigenvalue weighted by Crippen LogP contribution is 2.63. The molecule has 2 heterocycles. The number of fused-ring (bicyclic) bond motifs is 1. The van der Waals surface area contributed by atoms with Crippen molar-refractivity contribution in [2.75, 3.05) is 23.8 Å². The predicted octanol–water partition coefficient (Wildman–Crippen LogP) is 2.85. The maximum absolute atomic E-state index is 13.0. The summed E-state index contributed by atoms with van der Waals surface area (Å²) in [6, 6.07) is 8.06. The van der Waals surface area contributed by atoms with Gasteiger partial charge in [-0.3, -0.25) is 9.59 Å². The molecule has 0 unspecified atom stereocenters. The number of carboxylic acid groups (broad SMARTS) is 1. The average Bonchev–Trinajstić information content (AvgIpc) is 3.48. The summed E-state index contributed by atoms with van der Waals surface area (Å²) in [5.41, 5.74) is 8.18. The molecule has 5 rings (SSSR count). The van der Waals surface area contributed by atoms with Crippen molar-refractivity contribution in [1.29, 1.82) is 0 Å². The number of benzene rings is 1. The number of nitrogens with two attached hydrogens (primary N) is 1. The van der Waals surface area contributed by atoms with E-state index >= 15 is 0 Å². The summed E-state index contributed by atoms with van der Waals surface area (Å²) in [6.45, 7) is 0.725. The van der Waals surface area contributed by atoms with E-state index in [1.807, 2.05) is 12.1 Å². The van der Waals surface area contributed by atoms with E-state index in [0.29, 0.717) is 19.1 Å². The van der Waals surface area contributed by atoms with E-state index in [1.165, 1.54) is 11.9 Å². The Bertz CT molecular complexity index is 999. The van der Waals surface area contributed by atoms with E-state index in [2.05, 4.69) is 22.1 Å². The van der Waals surface area contributed by atoms with Crippen LogP contribution in [0.15, 0.2) is 30.6 Å². The predicted molar refractivity (Wildman–Crippen MR) is 109 cm³/mol. The van der Waals surface area contributed by atoms with E-state index in [9.17, 15) is 14.7 Å². The van der Waals surface area contributed by atoms with Gasteiger partial charge in [0, 0.05) is 5.69 Å². The van der Waals surface area contributed by atoms with Crippen LogP contribution in [0.2, 0.25) is 0 Å². The minimum atomic E-state index is -0.642. The first-order valence-electron chi connectivity index (χ1n) is 10.4. The molecule has 30 heavy (non-hydrogen) atoms. The van der Waals surface area contributed by atoms with Crippen molar-refractivity contribution in [3.8, 4) is 5.88 Å². The number of amides is 1. The van der Waals surface area contributed by atoms with Crippen molar-refractivity contribution in [2.24, 2.45) is 11.3 Å². The maximum Gasteiger partial charge on any atom is 0.307 e. The van der Waals surface area contributed by atoms with Crippen molar-refractivity contribution in [3.05, 3.63) is 41.7 Å². The molecule has 2 aliphatic carbocycles. The normalized spacial score (nSPS) is 27.9. The molecule has 8 nitrogen and oxygen atoms in total. The summed E-state index contributed by atoms with van der Waals surface area (Å²) in [6.07, 6.45) is 6.12. The Morgan fingerprint density at radius 1 is 1.20 bits per heavy atom. The lowest BCUT2D eigenvalue weighted by atomic mass is 9.76. The van der Waals surface area contributed by atoms with Crippen molar-refractivity contribution < 1.29 is 19.4 Å². The summed E-state index contributed by atoms with van der Waals surface area (Å²) in [5, 5.41) is 9.27. The molecule has 2 fully saturated rings. The molecule has 1 atom stereocenters. The van der Waals surface area contributed by atoms with Gasteiger partial charge in [0.05, 0.1) is 12.5 Å². The summed E-state index contributed by atoms with van der Waals surface area (Å²) in [5.74, 6) is -0.270. The molecule has 2 saturated carbocycles. The number of anilines is 2. The minimum Gasteiger partial charge on any atom is -0.481 e. The second kappa shape index (κ2) is 6.97. The van der Waals surface area contributed by atoms with Gasteiger partial charge in [-0.05, 0) is 61.1 Å². The van der Waals surface area contributed by atoms with Gasteiger partial charge in [-0.2, -0.15) is 0 Å². The molecule has 1 aromatic heterocycles. The SMILES string of the molecule is Nc1ncnc2c1C(=O)N(c1ccc([C@H]3CC[C@@]4(CC3)C[C@H]4C(=O)O)cc1)CCO2. The molecule has 0 radical (unpaired) electrons. The molecule has 8 heteroatoms. The van der Waals surface area contributed by atoms with Crippen molar-refractivity contribution in [2.45, 2.75) is 38.0 Å². The van der Waals surface area contributed by atoms with Gasteiger partial charge in [-0.1, -0.05) is 12.1 Å². The molecule has 0 bridgehead atoms. The lowest BCUT2D eigenvalue weighted by Crippen LogP contribution is -2.32. The number of aliphatic carboxylic acids is 1. The first-order valence-corrected chi connectivity index (χ1v) is 10.4. The molecule has 2 aromatic rings. The summed E-state index contributed by atoms with van der Waals surface area (Å²) in [4.78, 5) is 33.9. The van der Waals surface area contributed by atoms with E-state index < -0.39 is 5.97 Å². The van der Waals surface area contributed by atoms with Crippen LogP contribution in [0.4, 0.5) is 11.5 Å². The van der Waals surface area contributed by atoms with Crippen molar-refractivity contribution in [3.63, 3.8) is 0 Å². The molecule has 3 aliphatic rings. The molecule has 3 N–H and O–H groups in total. The number of hydrogen-bond acceptors (Lipinski definition) is 6. The van der Waals surface area contributed by atoms with Gasteiger partial charge >= 0.3 is 5.97 Å². The average molecular weight is 408 g/mol. The van der Waals surface area contributed by atoms with Crippen LogP contribution in [0.25, 0.3) is 0 Å². The van der Waals surface area contributed by atoms with Crippen LogP contribution in [0.1, 0.15) is 53.9 Å². The van der Waals surface area contributed by atoms with E-state index in [4.69, 9.17) is 10.5 Å². The Labute approximate surface area is 174 Å². The van der Waals surface area contributed by atoms with Crippen molar-refractivity contribution in [1.82, 2.24) is 9.97 Å². The van der Waals surface area contributed by atoms with Crippen LogP contribution in [0.3, 0.4) is 0 Å². The number of carbonyl (C=O) groups is 2. The van der Waals surface area contributed by atoms with Gasteiger partial charge < -0.3 is 20.5 Å². The van der Waals surface area contributed by atoms with E-state index in [0.717, 1.165) is 37.8 Å². The lowest BCUT2D eigenvalue weighted by Gasteiger charge is -2.29. The zero-order valence-electron chi connectivity index (χ0n) is 16.6. The zero-order valence-corrected chi connectivity index (χ0v) is 16.6. The quantitative estimate of drug-likeness (QED) is 0.801. The van der Waals surface area contributed by atoms with Gasteiger partial charge in [0.1, 0.15) is 24.3 Å². The fourth-order valence-corrected chi connectivity index (χ4v) is 5.11. The first-order chi connectivity index (χ1) is 14.5. The molecule has 156 valence electrons. The fraction of sp³-hybridized carbons (Fsp3) is 0.455. The molecule has 1 spiro atoms. The number of hydrogen-bond donors (Lipinski definition) is 2. The first kappa shape index (κ1) is 18.8. The molecule has 1 aliphatic heterocycles. The third-order valence-corrected chi connectivity index (χ3v) is 7.00. The smallest absolute Gasteiger partial charge is 0.307 e. The van der Waals surface area contributed by atoms with Crippen LogP contribution < -0.4 is 15.4 Å². The van der Waals surface area contributed by atoms with Gasteiger partial charge in [0.2, 0.25) is 5.88 Å². The number of aromatic nitrogens is 2. The Kier molecular flexibility index (Phi) is 4.38. The monoisotopic (exact) mass is 408 g/mol. The van der Waals surface area contributed by atoms with E-state index in [-0.39, 0.29) is 34.5 Å². The third-order valence-electron chi connectivity index (χ3n) is 7.00. The molecule has 0 saturated heterocycles. The number of rotatable bonds is 3. The summed E-state index contributed by atoms with van der Waals surface area (Å²) < 4.78 is 5.59. The Hall–Kier alpha value is -3.16. The number of nitrogens with zero attached hydrogens (tertiary/aromatic N) is 3. The highest BCUT2D eigenvalue weighted by atomic mass is 16.5. The van der Waals surface area contributed by atoms with Crippen LogP contribution in [0.5, 0.6) is 5.88 Å². The summed E-state index contributed by atoms with van der Waals surface area (Å²) >= 11 is 0. The van der Waals surface area contributed by atoms with Gasteiger partial charge in [-0.15, -0.1) is 0 Å². The van der Waals surface area contributed by atoms with Gasteiger partial charge in [0.25, 0.3) is 5.91 Å². The molecule has 1 amide bonds. The minimum absolute atomic E-state index is 0.0517. The maximum atomic E-state index is 13.0. The van der Waals surface area contributed by atoms with Crippen LogP contribution in [0, 0.1) is 11.3 Å². The van der Waals surface area contributed by atoms with Gasteiger partial charge in [-0.25, -0.2) is 9.97 Å². The Morgan fingerprint density at radius 3 is 2.60 bits per heavy atom. The molecular formula is C22H24N4O4. The molecular weight excluding hydrogens is 384 g/mol. The van der Waals surface area contributed by atoms with Crippen LogP contribution >= 0.6 is 0 Å². The van der Waals surface area contributed by atoms with Crippen LogP contribution in [-0.4, -0.2) is 40.1 Å². The number of carbonyl (C=O) groups excluding carboxylic acids is 1. The van der Waals surface area contributed by atoms with Crippen LogP contribution in [-0.2, 0) is 4.79 Å². The second-order valence-electron chi connectivity index (χ2n) is 8.57. The summed E-state index contributed by atoms with van der Waals surface area (Å²) in [7, 11) is 0. The molecule has 1 aromatic carbocycles. The lowest BCUT2D eigenvalue weighted by molar-refractivity contribution is -0.139. The number of carboxylic acids is 1. The van der Waals surface area contributed by atoms with Crippen molar-refractivity contribution >= 4 is 23.4 Å². The largest absolute Gasteiger partial charge is 0.481 e. The Morgan fingerprint density at radius 2 is 1.93 bits per heavy atom. The van der Waals surface area contributed by atoms with E-state index in [1.54, 1.807) is 4.90 Å². The number of nitrogen functional groups attached to an aromatic ring is 1. The van der Waals surface area contributed by atoms with Gasteiger partial charge in [0.15, 0.2) is 0 Å². The fourth-order valence-electron chi connectivity index (χ4n) is 5.11. The standard InChI is InChI=1S/C22H24N4O4/c23-18-17-19(25-12-24-18)30-10-9-26(20(17)27)15-3-1-13(2-4-15)14-5-7-22(8-6-14)11-16(22)21(28)29/h1-4,12,14,16H,5-11H2,(H,28,29)(H2,23,24,25)/t14-,16-,22+/m0/s1. The third kappa shape index (κ3) is 3.07. The highest BCUT2D eigenvalue weighted by molar-refractivity contribution is 6.10.